The Morgan fingerprint density at radius 3 is 2.56 bits per heavy atom. The van der Waals surface area contributed by atoms with E-state index in [9.17, 15) is 18.0 Å². The van der Waals surface area contributed by atoms with Crippen LogP contribution >= 0.6 is 0 Å². The van der Waals surface area contributed by atoms with Gasteiger partial charge in [-0.05, 0) is 6.07 Å². The largest absolute Gasteiger partial charge is 0.478 e. The number of hydrogen-bond acceptors (Lipinski definition) is 2. The van der Waals surface area contributed by atoms with Crippen molar-refractivity contribution >= 4 is 5.97 Å². The first-order chi connectivity index (χ1) is 7.39. The number of carbonyl (C=O) groups is 1. The van der Waals surface area contributed by atoms with E-state index in [1.165, 1.54) is 0 Å². The van der Waals surface area contributed by atoms with E-state index in [0.717, 1.165) is 12.3 Å². The molecule has 0 radical (unpaired) electrons. The minimum atomic E-state index is -2.75. The summed E-state index contributed by atoms with van der Waals surface area (Å²) in [5.41, 5.74) is -0.358. The first kappa shape index (κ1) is 10.9. The Morgan fingerprint density at radius 1 is 1.50 bits per heavy atom. The predicted molar refractivity (Wildman–Crippen MR) is 48.1 cm³/mol. The number of hydrogen-bond donors (Lipinski definition) is 1. The maximum absolute atomic E-state index is 13.4. The number of pyridine rings is 1. The summed E-state index contributed by atoms with van der Waals surface area (Å²) in [6.45, 7) is 0. The van der Waals surface area contributed by atoms with Crippen LogP contribution in [0, 0.1) is 5.82 Å². The van der Waals surface area contributed by atoms with Crippen LogP contribution in [0.2, 0.25) is 0 Å². The fourth-order valence-corrected chi connectivity index (χ4v) is 1.72. The Bertz CT molecular complexity index is 440. The molecule has 0 saturated heterocycles. The van der Waals surface area contributed by atoms with Gasteiger partial charge >= 0.3 is 5.97 Å². The third kappa shape index (κ3) is 1.87. The van der Waals surface area contributed by atoms with Crippen molar-refractivity contribution in [2.75, 3.05) is 0 Å². The third-order valence-corrected chi connectivity index (χ3v) is 2.59. The first-order valence-electron chi connectivity index (χ1n) is 4.65. The molecule has 1 aromatic heterocycles. The van der Waals surface area contributed by atoms with Gasteiger partial charge in [-0.1, -0.05) is 0 Å². The monoisotopic (exact) mass is 231 g/mol. The van der Waals surface area contributed by atoms with Crippen molar-refractivity contribution in [3.63, 3.8) is 0 Å². The van der Waals surface area contributed by atoms with Gasteiger partial charge in [-0.25, -0.2) is 18.0 Å². The smallest absolute Gasteiger partial charge is 0.337 e. The number of rotatable bonds is 2. The second kappa shape index (κ2) is 3.47. The lowest BCUT2D eigenvalue weighted by Crippen LogP contribution is -2.34. The molecule has 3 nitrogen and oxygen atoms in total. The maximum atomic E-state index is 13.4. The molecule has 1 heterocycles. The molecule has 0 spiro atoms. The van der Waals surface area contributed by atoms with Gasteiger partial charge in [-0.15, -0.1) is 0 Å². The highest BCUT2D eigenvalue weighted by Crippen LogP contribution is 2.48. The van der Waals surface area contributed by atoms with Crippen molar-refractivity contribution < 1.29 is 23.1 Å². The van der Waals surface area contributed by atoms with Crippen LogP contribution in [-0.2, 0) is 0 Å². The molecule has 0 amide bonds. The SMILES string of the molecule is O=C(O)c1cnc(C2CC(F)(F)C2)c(F)c1. The second-order valence-electron chi connectivity index (χ2n) is 3.86. The molecular formula is C10H8F3NO2. The number of alkyl halides is 2. The molecule has 0 bridgehead atoms. The molecule has 0 aliphatic heterocycles. The normalized spacial score (nSPS) is 19.2. The molecule has 2 rings (SSSR count). The average molecular weight is 231 g/mol. The van der Waals surface area contributed by atoms with Crippen LogP contribution in [0.4, 0.5) is 13.2 Å². The number of aromatic carboxylic acids is 1. The molecule has 0 unspecified atom stereocenters. The van der Waals surface area contributed by atoms with Crippen molar-refractivity contribution in [1.29, 1.82) is 0 Å². The lowest BCUT2D eigenvalue weighted by molar-refractivity contribution is -0.0882. The summed E-state index contributed by atoms with van der Waals surface area (Å²) in [6.07, 6.45) is 0.129. The molecule has 1 aliphatic rings. The predicted octanol–water partition coefficient (Wildman–Crippen LogP) is 2.43. The molecule has 16 heavy (non-hydrogen) atoms. The standard InChI is InChI=1S/C10H8F3NO2/c11-7-1-5(9(15)16)4-14-8(7)6-2-10(12,13)3-6/h1,4,6H,2-3H2,(H,15,16). The van der Waals surface area contributed by atoms with Crippen LogP contribution in [-0.4, -0.2) is 22.0 Å². The molecule has 86 valence electrons. The van der Waals surface area contributed by atoms with Crippen molar-refractivity contribution in [2.45, 2.75) is 24.7 Å². The van der Waals surface area contributed by atoms with Gasteiger partial charge in [0.15, 0.2) is 0 Å². The van der Waals surface area contributed by atoms with Crippen LogP contribution in [0.3, 0.4) is 0 Å². The van der Waals surface area contributed by atoms with E-state index in [-0.39, 0.29) is 11.3 Å². The fourth-order valence-electron chi connectivity index (χ4n) is 1.72. The van der Waals surface area contributed by atoms with Crippen LogP contribution < -0.4 is 0 Å². The highest BCUT2D eigenvalue weighted by molar-refractivity contribution is 5.87. The molecule has 1 N–H and O–H groups in total. The van der Waals surface area contributed by atoms with E-state index in [4.69, 9.17) is 5.11 Å². The quantitative estimate of drug-likeness (QED) is 0.850. The van der Waals surface area contributed by atoms with Crippen LogP contribution in [0.25, 0.3) is 0 Å². The number of nitrogens with zero attached hydrogens (tertiary/aromatic N) is 1. The Hall–Kier alpha value is -1.59. The Balaban J connectivity index is 2.21. The summed E-state index contributed by atoms with van der Waals surface area (Å²) in [4.78, 5) is 14.1. The van der Waals surface area contributed by atoms with Crippen LogP contribution in [0.1, 0.15) is 34.8 Å². The summed E-state index contributed by atoms with van der Waals surface area (Å²) in [7, 11) is 0. The topological polar surface area (TPSA) is 50.2 Å². The minimum absolute atomic E-state index is 0.0732. The second-order valence-corrected chi connectivity index (χ2v) is 3.86. The zero-order valence-electron chi connectivity index (χ0n) is 8.08. The van der Waals surface area contributed by atoms with Gasteiger partial charge in [-0.3, -0.25) is 4.98 Å². The van der Waals surface area contributed by atoms with E-state index in [1.807, 2.05) is 0 Å². The molecule has 1 aliphatic carbocycles. The zero-order valence-corrected chi connectivity index (χ0v) is 8.08. The van der Waals surface area contributed by atoms with Crippen molar-refractivity contribution in [3.05, 3.63) is 29.3 Å². The highest BCUT2D eigenvalue weighted by Gasteiger charge is 2.47. The lowest BCUT2D eigenvalue weighted by Gasteiger charge is -2.34. The summed E-state index contributed by atoms with van der Waals surface area (Å²) in [5, 5.41) is 8.57. The Labute approximate surface area is 88.9 Å². The summed E-state index contributed by atoms with van der Waals surface area (Å²) in [6, 6.07) is 0.807. The molecule has 1 saturated carbocycles. The number of halogens is 3. The lowest BCUT2D eigenvalue weighted by atomic mass is 9.79. The van der Waals surface area contributed by atoms with Crippen molar-refractivity contribution in [3.8, 4) is 0 Å². The molecule has 1 aromatic rings. The summed E-state index contributed by atoms with van der Waals surface area (Å²) < 4.78 is 38.5. The number of aromatic nitrogens is 1. The molecular weight excluding hydrogens is 223 g/mol. The zero-order chi connectivity index (χ0) is 11.9. The Morgan fingerprint density at radius 2 is 2.12 bits per heavy atom. The van der Waals surface area contributed by atoms with Crippen LogP contribution in [0.5, 0.6) is 0 Å². The summed E-state index contributed by atoms with van der Waals surface area (Å²) in [5.74, 6) is -5.49. The van der Waals surface area contributed by atoms with Gasteiger partial charge in [-0.2, -0.15) is 0 Å². The summed E-state index contributed by atoms with van der Waals surface area (Å²) >= 11 is 0. The fraction of sp³-hybridized carbons (Fsp3) is 0.400. The molecule has 1 fully saturated rings. The average Bonchev–Trinajstić information content (AvgIpc) is 2.13. The van der Waals surface area contributed by atoms with E-state index >= 15 is 0 Å². The first-order valence-corrected chi connectivity index (χ1v) is 4.65. The minimum Gasteiger partial charge on any atom is -0.478 e. The molecule has 0 aromatic carbocycles. The number of carboxylic acids is 1. The van der Waals surface area contributed by atoms with Gasteiger partial charge < -0.3 is 5.11 Å². The van der Waals surface area contributed by atoms with E-state index < -0.39 is 36.5 Å². The van der Waals surface area contributed by atoms with E-state index in [2.05, 4.69) is 4.98 Å². The van der Waals surface area contributed by atoms with Gasteiger partial charge in [0.25, 0.3) is 0 Å². The highest BCUT2D eigenvalue weighted by atomic mass is 19.3. The molecule has 0 atom stereocenters. The Kier molecular flexibility index (Phi) is 2.36. The van der Waals surface area contributed by atoms with Gasteiger partial charge in [0, 0.05) is 25.0 Å². The number of carboxylic acid groups (broad SMARTS) is 1. The maximum Gasteiger partial charge on any atom is 0.337 e. The molecule has 6 heteroatoms. The third-order valence-electron chi connectivity index (χ3n) is 2.59. The van der Waals surface area contributed by atoms with Crippen molar-refractivity contribution in [1.82, 2.24) is 4.98 Å². The van der Waals surface area contributed by atoms with Gasteiger partial charge in [0.05, 0.1) is 11.3 Å². The van der Waals surface area contributed by atoms with E-state index in [1.54, 1.807) is 0 Å². The van der Waals surface area contributed by atoms with Crippen molar-refractivity contribution in [2.24, 2.45) is 0 Å². The van der Waals surface area contributed by atoms with Gasteiger partial charge in [0.2, 0.25) is 5.92 Å². The van der Waals surface area contributed by atoms with E-state index in [0.29, 0.717) is 0 Å². The van der Waals surface area contributed by atoms with Gasteiger partial charge in [0.1, 0.15) is 5.82 Å². The van der Waals surface area contributed by atoms with Crippen LogP contribution in [0.15, 0.2) is 12.3 Å².